The van der Waals surface area contributed by atoms with E-state index in [0.29, 0.717) is 10.7 Å². The minimum atomic E-state index is -1.11. The van der Waals surface area contributed by atoms with E-state index >= 15 is 0 Å². The van der Waals surface area contributed by atoms with Crippen LogP contribution in [0.5, 0.6) is 0 Å². The van der Waals surface area contributed by atoms with E-state index < -0.39 is 22.9 Å². The van der Waals surface area contributed by atoms with Gasteiger partial charge in [0.05, 0.1) is 17.3 Å². The number of carbonyl (C=O) groups is 2. The van der Waals surface area contributed by atoms with Gasteiger partial charge in [-0.05, 0) is 24.3 Å². The van der Waals surface area contributed by atoms with Crippen LogP contribution in [0.2, 0.25) is 5.02 Å². The van der Waals surface area contributed by atoms with Crippen LogP contribution in [0.25, 0.3) is 0 Å². The summed E-state index contributed by atoms with van der Waals surface area (Å²) in [6.07, 6.45) is 0. The molecule has 5 nitrogen and oxygen atoms in total. The maximum atomic E-state index is 12.1. The van der Waals surface area contributed by atoms with Crippen molar-refractivity contribution in [1.29, 1.82) is 0 Å². The second-order valence-corrected chi connectivity index (χ2v) is 6.06. The summed E-state index contributed by atoms with van der Waals surface area (Å²) in [7, 11) is -1.11. The average Bonchev–Trinajstić information content (AvgIpc) is 2.82. The minimum absolute atomic E-state index is 0.138. The Morgan fingerprint density at radius 1 is 1.22 bits per heavy atom. The second-order valence-electron chi connectivity index (χ2n) is 4.15. The van der Waals surface area contributed by atoms with E-state index in [1.54, 1.807) is 24.3 Å². The summed E-state index contributed by atoms with van der Waals surface area (Å²) in [6.45, 7) is 0. The lowest BCUT2D eigenvalue weighted by atomic mass is 10.2. The molecule has 7 heteroatoms. The van der Waals surface area contributed by atoms with Gasteiger partial charge in [0.25, 0.3) is 5.91 Å². The Hall–Kier alpha value is -1.40. The van der Waals surface area contributed by atoms with Gasteiger partial charge in [0.2, 0.25) is 0 Å². The number of amides is 3. The maximum absolute atomic E-state index is 12.1. The maximum Gasteiger partial charge on any atom is 0.332 e. The molecule has 0 aliphatic carbocycles. The summed E-state index contributed by atoms with van der Waals surface area (Å²) in [6, 6.07) is 5.51. The van der Waals surface area contributed by atoms with E-state index in [4.69, 9.17) is 11.6 Å². The zero-order chi connectivity index (χ0) is 12.9. The molecule has 94 valence electrons. The molecule has 1 aromatic rings. The zero-order valence-electron chi connectivity index (χ0n) is 9.21. The smallest absolute Gasteiger partial charge is 0.299 e. The Labute approximate surface area is 111 Å². The molecule has 2 aliphatic heterocycles. The minimum Gasteiger partial charge on any atom is -0.299 e. The Morgan fingerprint density at radius 3 is 2.50 bits per heavy atom. The normalized spacial score (nSPS) is 26.9. The summed E-state index contributed by atoms with van der Waals surface area (Å²) in [4.78, 5) is 26.7. The zero-order valence-corrected chi connectivity index (χ0v) is 10.8. The number of nitrogens with zero attached hydrogens (tertiary/aromatic N) is 2. The monoisotopic (exact) mass is 284 g/mol. The van der Waals surface area contributed by atoms with Crippen LogP contribution in [0.3, 0.4) is 0 Å². The van der Waals surface area contributed by atoms with E-state index in [9.17, 15) is 13.8 Å². The van der Waals surface area contributed by atoms with Crippen LogP contribution in [-0.2, 0) is 15.6 Å². The predicted octanol–water partition coefficient (Wildman–Crippen LogP) is 1.20. The molecule has 18 heavy (non-hydrogen) atoms. The fourth-order valence-electron chi connectivity index (χ4n) is 2.16. The molecule has 0 saturated carbocycles. The number of rotatable bonds is 1. The van der Waals surface area contributed by atoms with Crippen molar-refractivity contribution in [1.82, 2.24) is 4.90 Å². The van der Waals surface area contributed by atoms with Crippen molar-refractivity contribution in [3.05, 3.63) is 29.3 Å². The van der Waals surface area contributed by atoms with Gasteiger partial charge in [-0.3, -0.25) is 13.9 Å². The van der Waals surface area contributed by atoms with Gasteiger partial charge in [-0.2, -0.15) is 0 Å². The van der Waals surface area contributed by atoms with Crippen LogP contribution in [-0.4, -0.2) is 38.7 Å². The molecule has 0 bridgehead atoms. The van der Waals surface area contributed by atoms with E-state index in [0.717, 1.165) is 4.90 Å². The Morgan fingerprint density at radius 2 is 1.89 bits per heavy atom. The van der Waals surface area contributed by atoms with Crippen molar-refractivity contribution in [3.8, 4) is 0 Å². The highest BCUT2D eigenvalue weighted by atomic mass is 35.5. The molecule has 0 spiro atoms. The Balaban J connectivity index is 1.96. The van der Waals surface area contributed by atoms with Crippen molar-refractivity contribution in [2.24, 2.45) is 0 Å². The van der Waals surface area contributed by atoms with Gasteiger partial charge in [0, 0.05) is 15.8 Å². The molecule has 2 heterocycles. The molecule has 2 aliphatic rings. The molecule has 0 N–H and O–H groups in total. The van der Waals surface area contributed by atoms with Crippen molar-refractivity contribution < 1.29 is 13.8 Å². The highest BCUT2D eigenvalue weighted by Crippen LogP contribution is 2.29. The first kappa shape index (κ1) is 11.7. The number of benzene rings is 1. The second kappa shape index (κ2) is 4.07. The lowest BCUT2D eigenvalue weighted by Gasteiger charge is -2.15. The van der Waals surface area contributed by atoms with E-state index in [1.807, 2.05) is 0 Å². The first-order valence-electron chi connectivity index (χ1n) is 5.33. The van der Waals surface area contributed by atoms with Crippen LogP contribution in [0, 0.1) is 0 Å². The van der Waals surface area contributed by atoms with Gasteiger partial charge >= 0.3 is 6.03 Å². The number of urea groups is 1. The van der Waals surface area contributed by atoms with Gasteiger partial charge in [-0.1, -0.05) is 11.6 Å². The fourth-order valence-corrected chi connectivity index (χ4v) is 3.66. The van der Waals surface area contributed by atoms with Gasteiger partial charge in [0.15, 0.2) is 0 Å². The van der Waals surface area contributed by atoms with Gasteiger partial charge < -0.3 is 0 Å². The first-order valence-corrected chi connectivity index (χ1v) is 7.19. The summed E-state index contributed by atoms with van der Waals surface area (Å²) >= 11 is 5.77. The van der Waals surface area contributed by atoms with E-state index in [2.05, 4.69) is 0 Å². The first-order chi connectivity index (χ1) is 8.58. The van der Waals surface area contributed by atoms with Gasteiger partial charge in [0.1, 0.15) is 6.04 Å². The summed E-state index contributed by atoms with van der Waals surface area (Å²) in [5.41, 5.74) is 0.495. The third kappa shape index (κ3) is 1.64. The fraction of sp³-hybridized carbons (Fsp3) is 0.273. The quantitative estimate of drug-likeness (QED) is 0.728. The van der Waals surface area contributed by atoms with Crippen LogP contribution in [0.15, 0.2) is 24.3 Å². The molecule has 0 radical (unpaired) electrons. The molecule has 3 amide bonds. The molecule has 1 aromatic carbocycles. The van der Waals surface area contributed by atoms with E-state index in [1.165, 1.54) is 4.90 Å². The molecular weight excluding hydrogens is 276 g/mol. The highest BCUT2D eigenvalue weighted by molar-refractivity contribution is 7.85. The lowest BCUT2D eigenvalue weighted by Crippen LogP contribution is -2.33. The molecule has 2 fully saturated rings. The standard InChI is InChI=1S/C11H9ClN2O3S/c12-7-1-3-8(4-2-7)14-10(15)9-5-18(17)6-13(9)11(14)16/h1-4,9H,5-6H2. The van der Waals surface area contributed by atoms with Gasteiger partial charge in [-0.25, -0.2) is 9.69 Å². The van der Waals surface area contributed by atoms with Crippen LogP contribution >= 0.6 is 11.6 Å². The molecule has 2 unspecified atom stereocenters. The predicted molar refractivity (Wildman–Crippen MR) is 67.8 cm³/mol. The highest BCUT2D eigenvalue weighted by Gasteiger charge is 2.50. The number of anilines is 1. The average molecular weight is 285 g/mol. The topological polar surface area (TPSA) is 57.7 Å². The SMILES string of the molecule is O=C1C2CS(=O)CN2C(=O)N1c1ccc(Cl)cc1. The molecular formula is C11H9ClN2O3S. The van der Waals surface area contributed by atoms with E-state index in [-0.39, 0.29) is 17.5 Å². The summed E-state index contributed by atoms with van der Waals surface area (Å²) in [5, 5.41) is 0.541. The van der Waals surface area contributed by atoms with Crippen molar-refractivity contribution in [2.75, 3.05) is 16.5 Å². The van der Waals surface area contributed by atoms with Crippen LogP contribution < -0.4 is 4.90 Å². The number of halogens is 1. The number of hydrogen-bond acceptors (Lipinski definition) is 3. The third-order valence-corrected chi connectivity index (χ3v) is 4.54. The Bertz CT molecular complexity index is 534. The van der Waals surface area contributed by atoms with Crippen molar-refractivity contribution in [2.45, 2.75) is 6.04 Å². The number of fused-ring (bicyclic) bond motifs is 1. The third-order valence-electron chi connectivity index (χ3n) is 3.03. The largest absolute Gasteiger partial charge is 0.332 e. The molecule has 0 aromatic heterocycles. The summed E-state index contributed by atoms with van der Waals surface area (Å²) < 4.78 is 11.4. The van der Waals surface area contributed by atoms with Gasteiger partial charge in [-0.15, -0.1) is 0 Å². The number of carbonyl (C=O) groups excluding carboxylic acids is 2. The van der Waals surface area contributed by atoms with Crippen molar-refractivity contribution >= 4 is 40.0 Å². The van der Waals surface area contributed by atoms with Crippen molar-refractivity contribution in [3.63, 3.8) is 0 Å². The molecule has 2 saturated heterocycles. The number of imide groups is 1. The Kier molecular flexibility index (Phi) is 2.64. The van der Waals surface area contributed by atoms with Crippen LogP contribution in [0.1, 0.15) is 0 Å². The lowest BCUT2D eigenvalue weighted by molar-refractivity contribution is -0.118. The number of hydrogen-bond donors (Lipinski definition) is 0. The van der Waals surface area contributed by atoms with Crippen LogP contribution in [0.4, 0.5) is 10.5 Å². The molecule has 3 rings (SSSR count). The molecule has 2 atom stereocenters. The summed E-state index contributed by atoms with van der Waals surface area (Å²) in [5.74, 6) is 0.0572.